The third-order valence-corrected chi connectivity index (χ3v) is 4.20. The lowest BCUT2D eigenvalue weighted by Gasteiger charge is -2.17. The van der Waals surface area contributed by atoms with Gasteiger partial charge in [-0.2, -0.15) is 0 Å². The van der Waals surface area contributed by atoms with Crippen molar-refractivity contribution in [1.29, 1.82) is 0 Å². The van der Waals surface area contributed by atoms with Gasteiger partial charge in [0.1, 0.15) is 5.75 Å². The minimum absolute atomic E-state index is 0.223. The molecule has 0 bridgehead atoms. The lowest BCUT2D eigenvalue weighted by atomic mass is 9.94. The number of halogens is 2. The molecule has 0 heterocycles. The molecule has 0 aliphatic carbocycles. The Balaban J connectivity index is 2.22. The molecule has 0 spiro atoms. The van der Waals surface area contributed by atoms with Crippen LogP contribution in [0.5, 0.6) is 5.75 Å². The second kappa shape index (κ2) is 8.74. The fraction of sp³-hybridized carbons (Fsp3) is 0.222. The molecule has 0 aliphatic rings. The first kappa shape index (κ1) is 19.1. The molecule has 2 aromatic rings. The van der Waals surface area contributed by atoms with Gasteiger partial charge in [-0.15, -0.1) is 0 Å². The van der Waals surface area contributed by atoms with Gasteiger partial charge in [0.2, 0.25) is 5.91 Å². The Hall–Kier alpha value is -2.24. The molecule has 7 heteroatoms. The van der Waals surface area contributed by atoms with Crippen LogP contribution in [0, 0.1) is 5.92 Å². The largest absolute Gasteiger partial charge is 0.496 e. The minimum Gasteiger partial charge on any atom is -0.496 e. The first-order valence-corrected chi connectivity index (χ1v) is 8.26. The summed E-state index contributed by atoms with van der Waals surface area (Å²) in [6.45, 7) is 0. The number of nitrogens with one attached hydrogen (secondary N) is 1. The Morgan fingerprint density at radius 3 is 2.60 bits per heavy atom. The standard InChI is InChI=1S/C18H17Cl2NO4/c1-25-16-5-3-2-4-11(16)8-12(9-17(22)23)18(24)21-15-10-13(19)6-7-14(15)20/h2-7,10,12H,8-9H2,1H3,(H,21,24)(H,22,23)/t12-/m1/s1. The molecule has 2 N–H and O–H groups in total. The van der Waals surface area contributed by atoms with Crippen molar-refractivity contribution in [3.63, 3.8) is 0 Å². The number of benzene rings is 2. The summed E-state index contributed by atoms with van der Waals surface area (Å²) >= 11 is 12.0. The third kappa shape index (κ3) is 5.37. The Kier molecular flexibility index (Phi) is 6.67. The summed E-state index contributed by atoms with van der Waals surface area (Å²) in [5, 5.41) is 12.5. The number of carbonyl (C=O) groups excluding carboxylic acids is 1. The average molecular weight is 382 g/mol. The van der Waals surface area contributed by atoms with E-state index in [1.54, 1.807) is 36.4 Å². The zero-order valence-electron chi connectivity index (χ0n) is 13.5. The summed E-state index contributed by atoms with van der Waals surface area (Å²) in [5.41, 5.74) is 1.10. The number of aliphatic carboxylic acids is 1. The molecule has 0 aromatic heterocycles. The van der Waals surface area contributed by atoms with Crippen molar-refractivity contribution in [2.75, 3.05) is 12.4 Å². The molecule has 25 heavy (non-hydrogen) atoms. The lowest BCUT2D eigenvalue weighted by Crippen LogP contribution is -2.27. The van der Waals surface area contributed by atoms with Gasteiger partial charge in [-0.1, -0.05) is 41.4 Å². The number of hydrogen-bond donors (Lipinski definition) is 2. The van der Waals surface area contributed by atoms with Crippen LogP contribution in [0.15, 0.2) is 42.5 Å². The number of anilines is 1. The van der Waals surface area contributed by atoms with Crippen molar-refractivity contribution in [1.82, 2.24) is 0 Å². The summed E-state index contributed by atoms with van der Waals surface area (Å²) in [5.74, 6) is -1.69. The van der Waals surface area contributed by atoms with Crippen molar-refractivity contribution >= 4 is 40.8 Å². The maximum absolute atomic E-state index is 12.6. The average Bonchev–Trinajstić information content (AvgIpc) is 2.57. The van der Waals surface area contributed by atoms with Gasteiger partial charge in [0.25, 0.3) is 0 Å². The van der Waals surface area contributed by atoms with E-state index in [0.29, 0.717) is 21.5 Å². The number of carbonyl (C=O) groups is 2. The summed E-state index contributed by atoms with van der Waals surface area (Å²) in [6, 6.07) is 11.9. The highest BCUT2D eigenvalue weighted by Gasteiger charge is 2.24. The molecule has 2 aromatic carbocycles. The predicted molar refractivity (Wildman–Crippen MR) is 97.5 cm³/mol. The maximum Gasteiger partial charge on any atom is 0.304 e. The fourth-order valence-corrected chi connectivity index (χ4v) is 2.77. The second-order valence-corrected chi connectivity index (χ2v) is 6.27. The smallest absolute Gasteiger partial charge is 0.304 e. The van der Waals surface area contributed by atoms with E-state index in [1.165, 1.54) is 13.2 Å². The van der Waals surface area contributed by atoms with E-state index in [-0.39, 0.29) is 12.8 Å². The number of para-hydroxylation sites is 1. The van der Waals surface area contributed by atoms with Crippen LogP contribution in [0.3, 0.4) is 0 Å². The van der Waals surface area contributed by atoms with Crippen LogP contribution >= 0.6 is 23.2 Å². The predicted octanol–water partition coefficient (Wildman–Crippen LogP) is 4.27. The van der Waals surface area contributed by atoms with Gasteiger partial charge < -0.3 is 15.2 Å². The Labute approximate surface area is 155 Å². The molecule has 0 unspecified atom stereocenters. The van der Waals surface area contributed by atoms with Crippen molar-refractivity contribution in [3.8, 4) is 5.75 Å². The van der Waals surface area contributed by atoms with Crippen LogP contribution in [0.4, 0.5) is 5.69 Å². The molecule has 0 radical (unpaired) electrons. The van der Waals surface area contributed by atoms with E-state index >= 15 is 0 Å². The van der Waals surface area contributed by atoms with Crippen LogP contribution in [-0.2, 0) is 16.0 Å². The van der Waals surface area contributed by atoms with Crippen LogP contribution in [-0.4, -0.2) is 24.1 Å². The number of carboxylic acid groups (broad SMARTS) is 1. The summed E-state index contributed by atoms with van der Waals surface area (Å²) in [4.78, 5) is 23.8. The molecule has 132 valence electrons. The van der Waals surface area contributed by atoms with E-state index in [1.807, 2.05) is 0 Å². The van der Waals surface area contributed by atoms with Gasteiger partial charge in [0.15, 0.2) is 0 Å². The molecular weight excluding hydrogens is 365 g/mol. The number of amides is 1. The minimum atomic E-state index is -1.06. The highest BCUT2D eigenvalue weighted by molar-refractivity contribution is 6.35. The van der Waals surface area contributed by atoms with Crippen molar-refractivity contribution in [2.45, 2.75) is 12.8 Å². The number of rotatable bonds is 7. The SMILES string of the molecule is COc1ccccc1C[C@H](CC(=O)O)C(=O)Nc1cc(Cl)ccc1Cl. The highest BCUT2D eigenvalue weighted by atomic mass is 35.5. The molecule has 2 rings (SSSR count). The van der Waals surface area contributed by atoms with Crippen LogP contribution in [0.25, 0.3) is 0 Å². The zero-order valence-corrected chi connectivity index (χ0v) is 15.0. The number of carboxylic acids is 1. The van der Waals surface area contributed by atoms with E-state index in [2.05, 4.69) is 5.32 Å². The molecule has 0 aliphatic heterocycles. The van der Waals surface area contributed by atoms with Gasteiger partial charge in [-0.3, -0.25) is 9.59 Å². The van der Waals surface area contributed by atoms with Crippen LogP contribution < -0.4 is 10.1 Å². The van der Waals surface area contributed by atoms with Crippen molar-refractivity contribution in [2.24, 2.45) is 5.92 Å². The number of ether oxygens (including phenoxy) is 1. The monoisotopic (exact) mass is 381 g/mol. The van der Waals surface area contributed by atoms with Crippen LogP contribution in [0.1, 0.15) is 12.0 Å². The van der Waals surface area contributed by atoms with E-state index < -0.39 is 17.8 Å². The Morgan fingerprint density at radius 2 is 1.92 bits per heavy atom. The Morgan fingerprint density at radius 1 is 1.20 bits per heavy atom. The summed E-state index contributed by atoms with van der Waals surface area (Å²) in [7, 11) is 1.52. The first-order chi connectivity index (χ1) is 11.9. The number of methoxy groups -OCH3 is 1. The Bertz CT molecular complexity index is 779. The van der Waals surface area contributed by atoms with Gasteiger partial charge in [-0.05, 0) is 36.2 Å². The normalized spacial score (nSPS) is 11.6. The fourth-order valence-electron chi connectivity index (χ4n) is 2.43. The molecule has 0 fully saturated rings. The first-order valence-electron chi connectivity index (χ1n) is 7.50. The lowest BCUT2D eigenvalue weighted by molar-refractivity contribution is -0.140. The quantitative estimate of drug-likeness (QED) is 0.750. The summed E-state index contributed by atoms with van der Waals surface area (Å²) in [6.07, 6.45) is -0.0948. The summed E-state index contributed by atoms with van der Waals surface area (Å²) < 4.78 is 5.27. The maximum atomic E-state index is 12.6. The molecule has 0 saturated heterocycles. The molecule has 0 saturated carbocycles. The highest BCUT2D eigenvalue weighted by Crippen LogP contribution is 2.28. The second-order valence-electron chi connectivity index (χ2n) is 5.42. The van der Waals surface area contributed by atoms with E-state index in [9.17, 15) is 9.59 Å². The van der Waals surface area contributed by atoms with Crippen LogP contribution in [0.2, 0.25) is 10.0 Å². The van der Waals surface area contributed by atoms with Crippen molar-refractivity contribution in [3.05, 3.63) is 58.1 Å². The van der Waals surface area contributed by atoms with Crippen molar-refractivity contribution < 1.29 is 19.4 Å². The molecular formula is C18H17Cl2NO4. The van der Waals surface area contributed by atoms with E-state index in [4.69, 9.17) is 33.0 Å². The zero-order chi connectivity index (χ0) is 18.4. The van der Waals surface area contributed by atoms with Gasteiger partial charge in [-0.25, -0.2) is 0 Å². The molecule has 1 atom stereocenters. The topological polar surface area (TPSA) is 75.6 Å². The van der Waals surface area contributed by atoms with Gasteiger partial charge in [0.05, 0.1) is 30.2 Å². The van der Waals surface area contributed by atoms with E-state index in [0.717, 1.165) is 5.56 Å². The van der Waals surface area contributed by atoms with Gasteiger partial charge in [0, 0.05) is 5.02 Å². The molecule has 1 amide bonds. The third-order valence-electron chi connectivity index (χ3n) is 3.64. The number of hydrogen-bond acceptors (Lipinski definition) is 3. The van der Waals surface area contributed by atoms with Gasteiger partial charge >= 0.3 is 5.97 Å². The molecule has 5 nitrogen and oxygen atoms in total.